The summed E-state index contributed by atoms with van der Waals surface area (Å²) in [5.74, 6) is -0.409. The van der Waals surface area contributed by atoms with Crippen molar-refractivity contribution in [3.8, 4) is 5.75 Å². The number of benzene rings is 1. The van der Waals surface area contributed by atoms with Gasteiger partial charge in [0.2, 0.25) is 5.91 Å². The highest BCUT2D eigenvalue weighted by Crippen LogP contribution is 2.19. The molecule has 0 aliphatic rings. The molecular weight excluding hydrogens is 271 g/mol. The molecule has 0 aliphatic heterocycles. The Morgan fingerprint density at radius 1 is 1.39 bits per heavy atom. The van der Waals surface area contributed by atoms with Crippen LogP contribution in [0.2, 0.25) is 0 Å². The van der Waals surface area contributed by atoms with Crippen molar-refractivity contribution in [1.29, 1.82) is 0 Å². The smallest absolute Gasteiger partial charge is 0.422 e. The van der Waals surface area contributed by atoms with Crippen LogP contribution in [0.4, 0.5) is 13.2 Å². The van der Waals surface area contributed by atoms with E-state index in [2.05, 4.69) is 10.1 Å². The first kappa shape index (κ1) is 14.6. The number of ether oxygens (including phenoxy) is 1. The Labute approximate surface area is 107 Å². The fourth-order valence-electron chi connectivity index (χ4n) is 1.16. The minimum Gasteiger partial charge on any atom is -0.484 e. The van der Waals surface area contributed by atoms with E-state index in [1.165, 1.54) is 12.1 Å². The van der Waals surface area contributed by atoms with Crippen LogP contribution in [0.5, 0.6) is 5.75 Å². The third kappa shape index (κ3) is 5.77. The first-order valence-corrected chi connectivity index (χ1v) is 5.55. The van der Waals surface area contributed by atoms with Gasteiger partial charge in [-0.1, -0.05) is 12.1 Å². The molecule has 0 unspecified atom stereocenters. The average molecular weight is 282 g/mol. The zero-order chi connectivity index (χ0) is 13.6. The van der Waals surface area contributed by atoms with Gasteiger partial charge in [0, 0.05) is 6.54 Å². The highest BCUT2D eigenvalue weighted by molar-refractivity contribution is 6.27. The molecule has 0 aromatic heterocycles. The fourth-order valence-corrected chi connectivity index (χ4v) is 1.25. The van der Waals surface area contributed by atoms with Crippen molar-refractivity contribution in [3.05, 3.63) is 29.8 Å². The predicted octanol–water partition coefficient (Wildman–Crippen LogP) is 2.48. The summed E-state index contributed by atoms with van der Waals surface area (Å²) >= 11 is 5.29. The summed E-state index contributed by atoms with van der Waals surface area (Å²) in [6, 6.07) is 6.06. The normalized spacial score (nSPS) is 11.1. The number of halogens is 4. The molecule has 3 nitrogen and oxygen atoms in total. The van der Waals surface area contributed by atoms with E-state index in [4.69, 9.17) is 11.6 Å². The van der Waals surface area contributed by atoms with E-state index in [0.717, 1.165) is 0 Å². The van der Waals surface area contributed by atoms with Crippen LogP contribution >= 0.6 is 11.6 Å². The Kier molecular flexibility index (Phi) is 5.27. The maximum atomic E-state index is 11.9. The minimum absolute atomic E-state index is 0.102. The molecule has 1 aromatic rings. The van der Waals surface area contributed by atoms with Crippen LogP contribution in [0.3, 0.4) is 0 Å². The molecule has 0 spiro atoms. The minimum atomic E-state index is -4.37. The molecule has 1 aromatic carbocycles. The van der Waals surface area contributed by atoms with Crippen molar-refractivity contribution in [2.75, 3.05) is 12.5 Å². The van der Waals surface area contributed by atoms with Crippen molar-refractivity contribution in [3.63, 3.8) is 0 Å². The standard InChI is InChI=1S/C11H11ClF3NO2/c12-5-10(17)16-6-8-2-1-3-9(4-8)18-7-11(13,14)15/h1-4H,5-7H2,(H,16,17). The first-order chi connectivity index (χ1) is 8.40. The van der Waals surface area contributed by atoms with Gasteiger partial charge in [-0.25, -0.2) is 0 Å². The number of hydrogen-bond acceptors (Lipinski definition) is 2. The highest BCUT2D eigenvalue weighted by atomic mass is 35.5. The molecule has 0 saturated carbocycles. The summed E-state index contributed by atoms with van der Waals surface area (Å²) in [6.45, 7) is -1.15. The number of carbonyl (C=O) groups excluding carboxylic acids is 1. The van der Waals surface area contributed by atoms with Crippen molar-refractivity contribution in [2.24, 2.45) is 0 Å². The van der Waals surface area contributed by atoms with Gasteiger partial charge >= 0.3 is 6.18 Å². The van der Waals surface area contributed by atoms with E-state index in [1.807, 2.05) is 0 Å². The summed E-state index contributed by atoms with van der Waals surface area (Å²) in [5, 5.41) is 2.50. The number of nitrogens with one attached hydrogen (secondary N) is 1. The van der Waals surface area contributed by atoms with Crippen molar-refractivity contribution < 1.29 is 22.7 Å². The lowest BCUT2D eigenvalue weighted by Gasteiger charge is -2.10. The molecule has 1 rings (SSSR count). The second kappa shape index (κ2) is 6.49. The highest BCUT2D eigenvalue weighted by Gasteiger charge is 2.28. The zero-order valence-corrected chi connectivity index (χ0v) is 10.0. The van der Waals surface area contributed by atoms with Crippen LogP contribution in [0.1, 0.15) is 5.56 Å². The third-order valence-corrected chi connectivity index (χ3v) is 2.15. The van der Waals surface area contributed by atoms with Gasteiger partial charge in [-0.2, -0.15) is 13.2 Å². The maximum Gasteiger partial charge on any atom is 0.422 e. The molecule has 100 valence electrons. The van der Waals surface area contributed by atoms with E-state index in [0.29, 0.717) is 5.56 Å². The van der Waals surface area contributed by atoms with E-state index in [1.54, 1.807) is 12.1 Å². The van der Waals surface area contributed by atoms with Crippen LogP contribution in [0.15, 0.2) is 24.3 Å². The van der Waals surface area contributed by atoms with Gasteiger partial charge in [0.05, 0.1) is 0 Å². The van der Waals surface area contributed by atoms with Crippen molar-refractivity contribution in [2.45, 2.75) is 12.7 Å². The third-order valence-electron chi connectivity index (χ3n) is 1.91. The largest absolute Gasteiger partial charge is 0.484 e. The molecule has 1 N–H and O–H groups in total. The SMILES string of the molecule is O=C(CCl)NCc1cccc(OCC(F)(F)F)c1. The molecule has 0 heterocycles. The molecule has 0 bridgehead atoms. The lowest BCUT2D eigenvalue weighted by Crippen LogP contribution is -2.23. The Hall–Kier alpha value is -1.43. The number of alkyl halides is 4. The Bertz CT molecular complexity index is 410. The van der Waals surface area contributed by atoms with Gasteiger partial charge in [0.15, 0.2) is 6.61 Å². The fraction of sp³-hybridized carbons (Fsp3) is 0.364. The summed E-state index contributed by atoms with van der Waals surface area (Å²) in [6.07, 6.45) is -4.37. The lowest BCUT2D eigenvalue weighted by atomic mass is 10.2. The van der Waals surface area contributed by atoms with E-state index < -0.39 is 12.8 Å². The summed E-state index contributed by atoms with van der Waals surface area (Å²) in [4.78, 5) is 10.9. The number of amides is 1. The molecule has 0 saturated heterocycles. The van der Waals surface area contributed by atoms with Crippen molar-refractivity contribution >= 4 is 17.5 Å². The van der Waals surface area contributed by atoms with Crippen LogP contribution in [0.25, 0.3) is 0 Å². The Morgan fingerprint density at radius 3 is 2.72 bits per heavy atom. The van der Waals surface area contributed by atoms with Gasteiger partial charge in [0.1, 0.15) is 11.6 Å². The van der Waals surface area contributed by atoms with Gasteiger partial charge in [-0.3, -0.25) is 4.79 Å². The molecule has 0 radical (unpaired) electrons. The van der Waals surface area contributed by atoms with Gasteiger partial charge in [-0.05, 0) is 17.7 Å². The molecule has 18 heavy (non-hydrogen) atoms. The second-order valence-electron chi connectivity index (χ2n) is 3.46. The van der Waals surface area contributed by atoms with Gasteiger partial charge in [0.25, 0.3) is 0 Å². The topological polar surface area (TPSA) is 38.3 Å². The van der Waals surface area contributed by atoms with E-state index in [9.17, 15) is 18.0 Å². The Morgan fingerprint density at radius 2 is 2.11 bits per heavy atom. The zero-order valence-electron chi connectivity index (χ0n) is 9.26. The summed E-state index contributed by atoms with van der Waals surface area (Å²) in [5.41, 5.74) is 0.633. The molecule has 0 aliphatic carbocycles. The summed E-state index contributed by atoms with van der Waals surface area (Å²) in [7, 11) is 0. The van der Waals surface area contributed by atoms with Crippen LogP contribution in [0, 0.1) is 0 Å². The van der Waals surface area contributed by atoms with Crippen LogP contribution < -0.4 is 10.1 Å². The number of carbonyl (C=O) groups is 1. The number of rotatable bonds is 5. The monoisotopic (exact) mass is 281 g/mol. The molecule has 1 amide bonds. The first-order valence-electron chi connectivity index (χ1n) is 5.02. The Balaban J connectivity index is 2.54. The van der Waals surface area contributed by atoms with Crippen LogP contribution in [-0.2, 0) is 11.3 Å². The maximum absolute atomic E-state index is 11.9. The molecule has 7 heteroatoms. The number of hydrogen-bond donors (Lipinski definition) is 1. The second-order valence-corrected chi connectivity index (χ2v) is 3.73. The summed E-state index contributed by atoms with van der Waals surface area (Å²) < 4.78 is 40.4. The van der Waals surface area contributed by atoms with Crippen LogP contribution in [-0.4, -0.2) is 24.6 Å². The quantitative estimate of drug-likeness (QED) is 0.842. The predicted molar refractivity (Wildman–Crippen MR) is 60.6 cm³/mol. The molecular formula is C11H11ClF3NO2. The van der Waals surface area contributed by atoms with Gasteiger partial charge in [-0.15, -0.1) is 11.6 Å². The molecule has 0 fully saturated rings. The lowest BCUT2D eigenvalue weighted by molar-refractivity contribution is -0.153. The van der Waals surface area contributed by atoms with E-state index in [-0.39, 0.29) is 24.1 Å². The molecule has 0 atom stereocenters. The van der Waals surface area contributed by atoms with Crippen molar-refractivity contribution in [1.82, 2.24) is 5.32 Å². The average Bonchev–Trinajstić information content (AvgIpc) is 2.33. The van der Waals surface area contributed by atoms with E-state index >= 15 is 0 Å². The van der Waals surface area contributed by atoms with Gasteiger partial charge < -0.3 is 10.1 Å².